The van der Waals surface area contributed by atoms with Crippen LogP contribution in [0.3, 0.4) is 0 Å². The Morgan fingerprint density at radius 1 is 1.28 bits per heavy atom. The molecular formula is C21H26FN7O3. The van der Waals surface area contributed by atoms with Gasteiger partial charge in [0.05, 0.1) is 18.5 Å². The summed E-state index contributed by atoms with van der Waals surface area (Å²) in [6, 6.07) is 4.35. The Bertz CT molecular complexity index is 1020. The molecule has 11 heteroatoms. The highest BCUT2D eigenvalue weighted by Crippen LogP contribution is 2.27. The summed E-state index contributed by atoms with van der Waals surface area (Å²) < 4.78 is 19.9. The van der Waals surface area contributed by atoms with Gasteiger partial charge >= 0.3 is 0 Å². The molecule has 1 aliphatic carbocycles. The number of nitrogens with zero attached hydrogens (tertiary/aromatic N) is 3. The van der Waals surface area contributed by atoms with Crippen molar-refractivity contribution in [2.45, 2.75) is 37.8 Å². The lowest BCUT2D eigenvalue weighted by atomic mass is 9.91. The van der Waals surface area contributed by atoms with Crippen LogP contribution in [0.1, 0.15) is 36.2 Å². The number of anilines is 4. The molecule has 2 aliphatic rings. The monoisotopic (exact) mass is 443 g/mol. The van der Waals surface area contributed by atoms with Crippen LogP contribution in [-0.4, -0.2) is 53.6 Å². The van der Waals surface area contributed by atoms with Crippen LogP contribution in [0.25, 0.3) is 0 Å². The number of benzene rings is 1. The normalized spacial score (nSPS) is 21.3. The van der Waals surface area contributed by atoms with Gasteiger partial charge in [-0.3, -0.25) is 9.59 Å². The van der Waals surface area contributed by atoms with Crippen LogP contribution in [-0.2, 0) is 9.53 Å². The average Bonchev–Trinajstić information content (AvgIpc) is 2.76. The number of ether oxygens (including phenoxy) is 1. The predicted molar refractivity (Wildman–Crippen MR) is 117 cm³/mol. The Hall–Kier alpha value is -3.31. The largest absolute Gasteiger partial charge is 0.370 e. The van der Waals surface area contributed by atoms with E-state index in [-0.39, 0.29) is 48.3 Å². The van der Waals surface area contributed by atoms with E-state index in [1.54, 1.807) is 6.07 Å². The minimum atomic E-state index is -0.767. The zero-order valence-corrected chi connectivity index (χ0v) is 17.5. The van der Waals surface area contributed by atoms with Crippen LogP contribution >= 0.6 is 0 Å². The van der Waals surface area contributed by atoms with E-state index in [4.69, 9.17) is 16.2 Å². The van der Waals surface area contributed by atoms with Crippen LogP contribution in [0.15, 0.2) is 24.4 Å². The van der Waals surface area contributed by atoms with Crippen LogP contribution < -0.4 is 27.0 Å². The number of carbonyl (C=O) groups excluding carboxylic acids is 2. The highest BCUT2D eigenvalue weighted by Gasteiger charge is 2.24. The zero-order chi connectivity index (χ0) is 22.7. The Morgan fingerprint density at radius 2 is 2.09 bits per heavy atom. The molecule has 0 bridgehead atoms. The maximum atomic E-state index is 14.8. The highest BCUT2D eigenvalue weighted by molar-refractivity contribution is 5.97. The summed E-state index contributed by atoms with van der Waals surface area (Å²) in [4.78, 5) is 33.7. The predicted octanol–water partition coefficient (Wildman–Crippen LogP) is 1.50. The van der Waals surface area contributed by atoms with E-state index < -0.39 is 11.7 Å². The third-order valence-corrected chi connectivity index (χ3v) is 5.65. The van der Waals surface area contributed by atoms with Crippen molar-refractivity contribution in [2.75, 3.05) is 35.3 Å². The van der Waals surface area contributed by atoms with E-state index in [9.17, 15) is 14.0 Å². The summed E-state index contributed by atoms with van der Waals surface area (Å²) in [5, 5.41) is 6.18. The standard InChI is InChI=1S/C21H26FN7O3/c22-13-9-12(5-6-16(13)29-7-8-32-11-18(29)30)26-21-19(20(24)31)25-10-17(28-21)27-15-4-2-1-3-14(15)23/h5-6,9-10,14-15H,1-4,7-8,11,23H2,(H2,24,31)(H2,26,27,28)/t14-,15+/m0/s1. The molecule has 1 aromatic heterocycles. The van der Waals surface area contributed by atoms with E-state index >= 15 is 0 Å². The molecule has 1 aliphatic heterocycles. The number of amides is 2. The molecule has 1 saturated carbocycles. The Kier molecular flexibility index (Phi) is 6.47. The maximum Gasteiger partial charge on any atom is 0.271 e. The Morgan fingerprint density at radius 3 is 2.81 bits per heavy atom. The number of nitrogens with two attached hydrogens (primary N) is 2. The number of aromatic nitrogens is 2. The van der Waals surface area contributed by atoms with E-state index in [1.165, 1.54) is 23.2 Å². The summed E-state index contributed by atoms with van der Waals surface area (Å²) in [6.45, 7) is 0.533. The second-order valence-corrected chi connectivity index (χ2v) is 7.91. The maximum absolute atomic E-state index is 14.8. The second kappa shape index (κ2) is 9.45. The molecule has 6 N–H and O–H groups in total. The number of hydrogen-bond donors (Lipinski definition) is 4. The van der Waals surface area contributed by atoms with Gasteiger partial charge in [0.25, 0.3) is 11.8 Å². The van der Waals surface area contributed by atoms with E-state index in [2.05, 4.69) is 20.6 Å². The topological polar surface area (TPSA) is 148 Å². The van der Waals surface area contributed by atoms with Crippen molar-refractivity contribution in [1.29, 1.82) is 0 Å². The fourth-order valence-corrected chi connectivity index (χ4v) is 3.97. The number of halogens is 1. The molecule has 170 valence electrons. The summed E-state index contributed by atoms with van der Waals surface area (Å²) in [5.41, 5.74) is 12.0. The summed E-state index contributed by atoms with van der Waals surface area (Å²) in [5.74, 6) is -1.13. The first-order chi connectivity index (χ1) is 15.4. The van der Waals surface area contributed by atoms with Crippen LogP contribution in [0.2, 0.25) is 0 Å². The van der Waals surface area contributed by atoms with Gasteiger partial charge in [-0.25, -0.2) is 14.4 Å². The van der Waals surface area contributed by atoms with Gasteiger partial charge in [-0.1, -0.05) is 12.8 Å². The van der Waals surface area contributed by atoms with Gasteiger partial charge in [0.1, 0.15) is 18.2 Å². The van der Waals surface area contributed by atoms with Gasteiger partial charge < -0.3 is 31.7 Å². The molecule has 2 amide bonds. The first kappa shape index (κ1) is 21.9. The lowest BCUT2D eigenvalue weighted by Crippen LogP contribution is -2.42. The lowest BCUT2D eigenvalue weighted by molar-refractivity contribution is -0.125. The number of carbonyl (C=O) groups is 2. The van der Waals surface area contributed by atoms with Gasteiger partial charge in [0, 0.05) is 24.3 Å². The quantitative estimate of drug-likeness (QED) is 0.525. The van der Waals surface area contributed by atoms with Crippen molar-refractivity contribution in [3.05, 3.63) is 35.9 Å². The van der Waals surface area contributed by atoms with E-state index in [0.717, 1.165) is 25.7 Å². The molecule has 1 aromatic carbocycles. The molecule has 2 atom stereocenters. The van der Waals surface area contributed by atoms with Crippen molar-refractivity contribution < 1.29 is 18.7 Å². The smallest absolute Gasteiger partial charge is 0.271 e. The van der Waals surface area contributed by atoms with Crippen molar-refractivity contribution in [3.8, 4) is 0 Å². The first-order valence-electron chi connectivity index (χ1n) is 10.6. The lowest BCUT2D eigenvalue weighted by Gasteiger charge is -2.29. The fraction of sp³-hybridized carbons (Fsp3) is 0.429. The highest BCUT2D eigenvalue weighted by atomic mass is 19.1. The molecule has 10 nitrogen and oxygen atoms in total. The van der Waals surface area contributed by atoms with Gasteiger partial charge in [-0.05, 0) is 31.0 Å². The molecule has 2 fully saturated rings. The summed E-state index contributed by atoms with van der Waals surface area (Å²) >= 11 is 0. The van der Waals surface area contributed by atoms with Gasteiger partial charge in [-0.2, -0.15) is 0 Å². The Balaban J connectivity index is 1.56. The van der Waals surface area contributed by atoms with E-state index in [1.807, 2.05) is 0 Å². The molecule has 0 radical (unpaired) electrons. The molecule has 2 heterocycles. The van der Waals surface area contributed by atoms with Crippen molar-refractivity contribution in [3.63, 3.8) is 0 Å². The van der Waals surface area contributed by atoms with Crippen molar-refractivity contribution in [1.82, 2.24) is 9.97 Å². The van der Waals surface area contributed by atoms with Crippen LogP contribution in [0.5, 0.6) is 0 Å². The molecule has 0 unspecified atom stereocenters. The number of rotatable bonds is 6. The van der Waals surface area contributed by atoms with Crippen LogP contribution in [0, 0.1) is 5.82 Å². The van der Waals surface area contributed by atoms with E-state index in [0.29, 0.717) is 18.1 Å². The third-order valence-electron chi connectivity index (χ3n) is 5.65. The van der Waals surface area contributed by atoms with Crippen LogP contribution in [0.4, 0.5) is 27.4 Å². The SMILES string of the molecule is NC(=O)c1ncc(N[C@@H]2CCCC[C@@H]2N)nc1Nc1ccc(N2CCOCC2=O)c(F)c1. The number of morpholine rings is 1. The second-order valence-electron chi connectivity index (χ2n) is 7.91. The first-order valence-corrected chi connectivity index (χ1v) is 10.6. The molecule has 32 heavy (non-hydrogen) atoms. The van der Waals surface area contributed by atoms with Gasteiger partial charge in [0.15, 0.2) is 11.5 Å². The van der Waals surface area contributed by atoms with Crippen molar-refractivity contribution in [2.24, 2.45) is 11.5 Å². The fourth-order valence-electron chi connectivity index (χ4n) is 3.97. The minimum absolute atomic E-state index is 0.00214. The van der Waals surface area contributed by atoms with Gasteiger partial charge in [0.2, 0.25) is 0 Å². The number of nitrogens with one attached hydrogen (secondary N) is 2. The zero-order valence-electron chi connectivity index (χ0n) is 17.5. The third kappa shape index (κ3) is 4.78. The average molecular weight is 443 g/mol. The number of hydrogen-bond acceptors (Lipinski definition) is 8. The summed E-state index contributed by atoms with van der Waals surface area (Å²) in [7, 11) is 0. The minimum Gasteiger partial charge on any atom is -0.370 e. The molecular weight excluding hydrogens is 417 g/mol. The molecule has 4 rings (SSSR count). The summed E-state index contributed by atoms with van der Waals surface area (Å²) in [6.07, 6.45) is 5.43. The molecule has 0 spiro atoms. The van der Waals surface area contributed by atoms with Crippen molar-refractivity contribution >= 4 is 34.8 Å². The molecule has 1 saturated heterocycles. The Labute approximate surface area is 184 Å². The number of primary amides is 1. The van der Waals surface area contributed by atoms with Gasteiger partial charge in [-0.15, -0.1) is 0 Å². The molecule has 2 aromatic rings.